The minimum absolute atomic E-state index is 0.314. The van der Waals surface area contributed by atoms with E-state index >= 15 is 0 Å². The van der Waals surface area contributed by atoms with Gasteiger partial charge in [0, 0.05) is 6.42 Å². The molecule has 0 saturated heterocycles. The number of hydrogen-bond donors (Lipinski definition) is 1. The number of thiocarbonyl (C=S) groups is 1. The zero-order valence-electron chi connectivity index (χ0n) is 10.1. The summed E-state index contributed by atoms with van der Waals surface area (Å²) in [5.41, 5.74) is 6.85. The van der Waals surface area contributed by atoms with E-state index in [1.807, 2.05) is 26.0 Å². The highest BCUT2D eigenvalue weighted by Crippen LogP contribution is 2.12. The van der Waals surface area contributed by atoms with Crippen molar-refractivity contribution in [1.29, 1.82) is 0 Å². The number of hydrogen-bond acceptors (Lipinski definition) is 3. The van der Waals surface area contributed by atoms with Crippen molar-refractivity contribution >= 4 is 23.2 Å². The van der Waals surface area contributed by atoms with Crippen LogP contribution in [0.1, 0.15) is 29.8 Å². The average molecular weight is 251 g/mol. The van der Waals surface area contributed by atoms with Gasteiger partial charge in [0.2, 0.25) is 0 Å². The number of rotatable bonds is 5. The molecule has 1 aromatic carbocycles. The van der Waals surface area contributed by atoms with Crippen molar-refractivity contribution in [2.24, 2.45) is 11.7 Å². The first-order chi connectivity index (χ1) is 8.00. The number of carbonyl (C=O) groups is 1. The van der Waals surface area contributed by atoms with Crippen LogP contribution >= 0.6 is 12.2 Å². The van der Waals surface area contributed by atoms with E-state index < -0.39 is 0 Å². The van der Waals surface area contributed by atoms with Gasteiger partial charge in [0.1, 0.15) is 0 Å². The molecule has 1 aromatic rings. The Balaban J connectivity index is 2.81. The first-order valence-electron chi connectivity index (χ1n) is 5.54. The minimum Gasteiger partial charge on any atom is -0.462 e. The van der Waals surface area contributed by atoms with E-state index in [1.54, 1.807) is 12.1 Å². The Morgan fingerprint density at radius 2 is 2.06 bits per heavy atom. The molecule has 0 bridgehead atoms. The molecule has 4 heteroatoms. The predicted octanol–water partition coefficient (Wildman–Crippen LogP) is 2.33. The maximum absolute atomic E-state index is 11.8. The van der Waals surface area contributed by atoms with Gasteiger partial charge in [-0.1, -0.05) is 44.3 Å². The molecule has 0 aromatic heterocycles. The van der Waals surface area contributed by atoms with Crippen LogP contribution in [0.25, 0.3) is 0 Å². The van der Waals surface area contributed by atoms with Gasteiger partial charge in [-0.25, -0.2) is 4.79 Å². The maximum Gasteiger partial charge on any atom is 0.338 e. The van der Waals surface area contributed by atoms with Crippen molar-refractivity contribution in [3.8, 4) is 0 Å². The summed E-state index contributed by atoms with van der Waals surface area (Å²) in [7, 11) is 0. The molecule has 92 valence electrons. The standard InChI is InChI=1S/C13H17NO2S/c1-9(2)8-16-13(15)11-6-4-3-5-10(11)7-12(14)17/h3-6,9H,7-8H2,1-2H3,(H2,14,17). The molecule has 0 atom stereocenters. The Kier molecular flexibility index (Phi) is 5.10. The summed E-state index contributed by atoms with van der Waals surface area (Å²) in [5.74, 6) is 0.00671. The molecule has 0 heterocycles. The third-order valence-electron chi connectivity index (χ3n) is 2.15. The minimum atomic E-state index is -0.314. The van der Waals surface area contributed by atoms with Crippen molar-refractivity contribution in [2.75, 3.05) is 6.61 Å². The fourth-order valence-corrected chi connectivity index (χ4v) is 1.54. The highest BCUT2D eigenvalue weighted by atomic mass is 32.1. The van der Waals surface area contributed by atoms with Gasteiger partial charge in [0.25, 0.3) is 0 Å². The molecule has 0 amide bonds. The molecule has 0 saturated carbocycles. The quantitative estimate of drug-likeness (QED) is 0.644. The van der Waals surface area contributed by atoms with Gasteiger partial charge in [-0.2, -0.15) is 0 Å². The van der Waals surface area contributed by atoms with Crippen molar-refractivity contribution in [2.45, 2.75) is 20.3 Å². The van der Waals surface area contributed by atoms with E-state index in [0.29, 0.717) is 29.5 Å². The summed E-state index contributed by atoms with van der Waals surface area (Å²) in [6.07, 6.45) is 0.419. The van der Waals surface area contributed by atoms with Crippen LogP contribution in [-0.4, -0.2) is 17.6 Å². The molecule has 3 nitrogen and oxygen atoms in total. The Hall–Kier alpha value is -1.42. The van der Waals surface area contributed by atoms with Crippen LogP contribution in [-0.2, 0) is 11.2 Å². The molecule has 2 N–H and O–H groups in total. The molecule has 0 aliphatic carbocycles. The number of esters is 1. The zero-order chi connectivity index (χ0) is 12.8. The molecule has 0 aliphatic rings. The first-order valence-corrected chi connectivity index (χ1v) is 5.95. The second-order valence-corrected chi connectivity index (χ2v) is 4.82. The predicted molar refractivity (Wildman–Crippen MR) is 72.1 cm³/mol. The van der Waals surface area contributed by atoms with E-state index in [0.717, 1.165) is 5.56 Å². The molecule has 0 radical (unpaired) electrons. The smallest absolute Gasteiger partial charge is 0.338 e. The van der Waals surface area contributed by atoms with Crippen molar-refractivity contribution < 1.29 is 9.53 Å². The van der Waals surface area contributed by atoms with Gasteiger partial charge in [0.05, 0.1) is 17.2 Å². The third kappa shape index (κ3) is 4.53. The maximum atomic E-state index is 11.8. The molecule has 0 fully saturated rings. The number of benzene rings is 1. The number of nitrogens with two attached hydrogens (primary N) is 1. The molecule has 0 spiro atoms. The molecule has 1 rings (SSSR count). The molecular formula is C13H17NO2S. The molecule has 17 heavy (non-hydrogen) atoms. The van der Waals surface area contributed by atoms with E-state index in [2.05, 4.69) is 0 Å². The number of ether oxygens (including phenoxy) is 1. The fraction of sp³-hybridized carbons (Fsp3) is 0.385. The van der Waals surface area contributed by atoms with Gasteiger partial charge in [-0.15, -0.1) is 0 Å². The third-order valence-corrected chi connectivity index (χ3v) is 2.29. The van der Waals surface area contributed by atoms with Crippen LogP contribution in [0.5, 0.6) is 0 Å². The summed E-state index contributed by atoms with van der Waals surface area (Å²) in [4.78, 5) is 12.2. The van der Waals surface area contributed by atoms with Crippen molar-refractivity contribution in [3.63, 3.8) is 0 Å². The van der Waals surface area contributed by atoms with Gasteiger partial charge in [0.15, 0.2) is 0 Å². The highest BCUT2D eigenvalue weighted by Gasteiger charge is 2.13. The monoisotopic (exact) mass is 251 g/mol. The molecular weight excluding hydrogens is 234 g/mol. The van der Waals surface area contributed by atoms with Gasteiger partial charge >= 0.3 is 5.97 Å². The summed E-state index contributed by atoms with van der Waals surface area (Å²) < 4.78 is 5.19. The normalized spacial score (nSPS) is 10.3. The summed E-state index contributed by atoms with van der Waals surface area (Å²) in [6.45, 7) is 4.41. The van der Waals surface area contributed by atoms with E-state index in [1.165, 1.54) is 0 Å². The first kappa shape index (κ1) is 13.6. The highest BCUT2D eigenvalue weighted by molar-refractivity contribution is 7.80. The Morgan fingerprint density at radius 1 is 1.41 bits per heavy atom. The van der Waals surface area contributed by atoms with Crippen LogP contribution in [0, 0.1) is 5.92 Å². The van der Waals surface area contributed by atoms with Gasteiger partial charge in [-0.3, -0.25) is 0 Å². The van der Waals surface area contributed by atoms with Crippen LogP contribution in [0.2, 0.25) is 0 Å². The second-order valence-electron chi connectivity index (χ2n) is 4.29. The lowest BCUT2D eigenvalue weighted by atomic mass is 10.0. The van der Waals surface area contributed by atoms with Gasteiger partial charge < -0.3 is 10.5 Å². The largest absolute Gasteiger partial charge is 0.462 e. The summed E-state index contributed by atoms with van der Waals surface area (Å²) in [5, 5.41) is 0. The van der Waals surface area contributed by atoms with E-state index in [-0.39, 0.29) is 5.97 Å². The SMILES string of the molecule is CC(C)COC(=O)c1ccccc1CC(N)=S. The van der Waals surface area contributed by atoms with Crippen molar-refractivity contribution in [1.82, 2.24) is 0 Å². The Morgan fingerprint density at radius 3 is 2.65 bits per heavy atom. The van der Waals surface area contributed by atoms with Crippen LogP contribution in [0.4, 0.5) is 0 Å². The van der Waals surface area contributed by atoms with E-state index in [9.17, 15) is 4.79 Å². The van der Waals surface area contributed by atoms with Crippen LogP contribution < -0.4 is 5.73 Å². The lowest BCUT2D eigenvalue weighted by Crippen LogP contribution is -2.16. The molecule has 0 aliphatic heterocycles. The summed E-state index contributed by atoms with van der Waals surface area (Å²) >= 11 is 4.86. The summed E-state index contributed by atoms with van der Waals surface area (Å²) in [6, 6.07) is 7.23. The van der Waals surface area contributed by atoms with Crippen LogP contribution in [0.3, 0.4) is 0 Å². The topological polar surface area (TPSA) is 52.3 Å². The lowest BCUT2D eigenvalue weighted by Gasteiger charge is -2.10. The zero-order valence-corrected chi connectivity index (χ0v) is 10.9. The number of carbonyl (C=O) groups excluding carboxylic acids is 1. The van der Waals surface area contributed by atoms with Crippen LogP contribution in [0.15, 0.2) is 24.3 Å². The van der Waals surface area contributed by atoms with Crippen molar-refractivity contribution in [3.05, 3.63) is 35.4 Å². The second kappa shape index (κ2) is 6.35. The lowest BCUT2D eigenvalue weighted by molar-refractivity contribution is 0.0458. The van der Waals surface area contributed by atoms with E-state index in [4.69, 9.17) is 22.7 Å². The molecule has 0 unspecified atom stereocenters. The Labute approximate surface area is 107 Å². The Bertz CT molecular complexity index is 416. The fourth-order valence-electron chi connectivity index (χ4n) is 1.38. The van der Waals surface area contributed by atoms with Gasteiger partial charge in [-0.05, 0) is 17.5 Å². The average Bonchev–Trinajstić information content (AvgIpc) is 2.25.